The number of nitrogens with two attached hydrogens (primary N) is 1. The molecule has 0 bridgehead atoms. The van der Waals surface area contributed by atoms with Crippen LogP contribution < -0.4 is 5.73 Å². The van der Waals surface area contributed by atoms with Gasteiger partial charge in [0.1, 0.15) is 5.82 Å². The summed E-state index contributed by atoms with van der Waals surface area (Å²) in [6.07, 6.45) is 2.07. The van der Waals surface area contributed by atoms with E-state index >= 15 is 0 Å². The van der Waals surface area contributed by atoms with Crippen molar-refractivity contribution in [2.75, 3.05) is 33.7 Å². The minimum Gasteiger partial charge on any atom is -0.329 e. The molecule has 1 atom stereocenters. The van der Waals surface area contributed by atoms with Crippen LogP contribution in [-0.4, -0.2) is 49.1 Å². The highest BCUT2D eigenvalue weighted by Crippen LogP contribution is 2.34. The smallest absolute Gasteiger partial charge is 0.127 e. The predicted octanol–water partition coefficient (Wildman–Crippen LogP) is 2.24. The predicted molar refractivity (Wildman–Crippen MR) is 81.1 cm³/mol. The normalized spacial score (nSPS) is 21.1. The van der Waals surface area contributed by atoms with Crippen molar-refractivity contribution in [2.45, 2.75) is 31.3 Å². The summed E-state index contributed by atoms with van der Waals surface area (Å²) >= 11 is 0. The Bertz CT molecular complexity index is 441. The van der Waals surface area contributed by atoms with Gasteiger partial charge in [0.05, 0.1) is 0 Å². The molecule has 1 aliphatic rings. The Morgan fingerprint density at radius 1 is 1.35 bits per heavy atom. The molecule has 1 aromatic rings. The first kappa shape index (κ1) is 15.4. The number of likely N-dealkylation sites (N-methyl/N-ethyl adjacent to an activating group) is 1. The molecule has 0 aliphatic carbocycles. The van der Waals surface area contributed by atoms with Crippen molar-refractivity contribution >= 4 is 0 Å². The highest BCUT2D eigenvalue weighted by atomic mass is 19.1. The monoisotopic (exact) mass is 279 g/mol. The molecular formula is C16H26FN3. The quantitative estimate of drug-likeness (QED) is 0.917. The number of likely N-dealkylation sites (tertiary alicyclic amines) is 1. The summed E-state index contributed by atoms with van der Waals surface area (Å²) in [6.45, 7) is 4.78. The fraction of sp³-hybridized carbons (Fsp3) is 0.625. The summed E-state index contributed by atoms with van der Waals surface area (Å²) in [5, 5.41) is 0. The Labute approximate surface area is 121 Å². The lowest BCUT2D eigenvalue weighted by molar-refractivity contribution is 0.0262. The summed E-state index contributed by atoms with van der Waals surface area (Å²) in [5.74, 6) is -0.132. The highest BCUT2D eigenvalue weighted by Gasteiger charge is 2.38. The van der Waals surface area contributed by atoms with E-state index in [0.717, 1.165) is 31.5 Å². The zero-order valence-electron chi connectivity index (χ0n) is 12.8. The summed E-state index contributed by atoms with van der Waals surface area (Å²) < 4.78 is 14.0. The van der Waals surface area contributed by atoms with E-state index < -0.39 is 0 Å². The van der Waals surface area contributed by atoms with Crippen LogP contribution >= 0.6 is 0 Å². The molecule has 1 unspecified atom stereocenters. The average Bonchev–Trinajstić information content (AvgIpc) is 2.47. The van der Waals surface area contributed by atoms with Gasteiger partial charge in [0, 0.05) is 23.7 Å². The van der Waals surface area contributed by atoms with E-state index in [-0.39, 0.29) is 17.4 Å². The average molecular weight is 279 g/mol. The molecule has 2 N–H and O–H groups in total. The topological polar surface area (TPSA) is 32.5 Å². The van der Waals surface area contributed by atoms with Gasteiger partial charge in [-0.05, 0) is 53.0 Å². The fourth-order valence-electron chi connectivity index (χ4n) is 3.17. The van der Waals surface area contributed by atoms with Crippen LogP contribution in [0.25, 0.3) is 0 Å². The van der Waals surface area contributed by atoms with E-state index in [1.165, 1.54) is 6.07 Å². The molecule has 0 radical (unpaired) electrons. The molecule has 0 amide bonds. The van der Waals surface area contributed by atoms with Crippen LogP contribution in [0.3, 0.4) is 0 Å². The first-order chi connectivity index (χ1) is 9.50. The van der Waals surface area contributed by atoms with Crippen LogP contribution in [0.4, 0.5) is 4.39 Å². The second-order valence-electron chi connectivity index (χ2n) is 6.04. The maximum atomic E-state index is 14.0. The number of hydrogen-bond donors (Lipinski definition) is 1. The number of rotatable bonds is 4. The van der Waals surface area contributed by atoms with E-state index in [1.54, 1.807) is 6.07 Å². The fourth-order valence-corrected chi connectivity index (χ4v) is 3.17. The number of hydrogen-bond acceptors (Lipinski definition) is 3. The molecule has 3 nitrogen and oxygen atoms in total. The second-order valence-corrected chi connectivity index (χ2v) is 6.04. The Morgan fingerprint density at radius 2 is 1.95 bits per heavy atom. The van der Waals surface area contributed by atoms with Crippen molar-refractivity contribution in [3.05, 3.63) is 35.6 Å². The Balaban J connectivity index is 2.20. The van der Waals surface area contributed by atoms with Gasteiger partial charge < -0.3 is 10.6 Å². The van der Waals surface area contributed by atoms with Crippen molar-refractivity contribution in [3.8, 4) is 0 Å². The molecule has 1 aliphatic heterocycles. The van der Waals surface area contributed by atoms with E-state index in [0.29, 0.717) is 6.54 Å². The van der Waals surface area contributed by atoms with Crippen LogP contribution in [-0.2, 0) is 0 Å². The first-order valence-corrected chi connectivity index (χ1v) is 7.36. The van der Waals surface area contributed by atoms with Gasteiger partial charge in [-0.1, -0.05) is 18.2 Å². The summed E-state index contributed by atoms with van der Waals surface area (Å²) in [6, 6.07) is 7.06. The molecule has 0 aromatic heterocycles. The van der Waals surface area contributed by atoms with Gasteiger partial charge in [0.25, 0.3) is 0 Å². The van der Waals surface area contributed by atoms with Gasteiger partial charge in [-0.3, -0.25) is 4.90 Å². The third kappa shape index (κ3) is 2.87. The molecule has 1 fully saturated rings. The first-order valence-electron chi connectivity index (χ1n) is 7.36. The molecule has 4 heteroatoms. The van der Waals surface area contributed by atoms with Crippen LogP contribution in [0, 0.1) is 5.82 Å². The van der Waals surface area contributed by atoms with E-state index in [2.05, 4.69) is 30.8 Å². The molecule has 20 heavy (non-hydrogen) atoms. The van der Waals surface area contributed by atoms with Crippen LogP contribution in [0.15, 0.2) is 24.3 Å². The molecule has 1 saturated heterocycles. The third-order valence-corrected chi connectivity index (χ3v) is 4.98. The Hall–Kier alpha value is -0.970. The van der Waals surface area contributed by atoms with Gasteiger partial charge in [-0.25, -0.2) is 4.39 Å². The summed E-state index contributed by atoms with van der Waals surface area (Å²) in [4.78, 5) is 4.61. The van der Waals surface area contributed by atoms with Crippen LogP contribution in [0.1, 0.15) is 31.4 Å². The molecule has 2 rings (SSSR count). The summed E-state index contributed by atoms with van der Waals surface area (Å²) in [5.41, 5.74) is 6.82. The molecular weight excluding hydrogens is 253 g/mol. The van der Waals surface area contributed by atoms with Crippen molar-refractivity contribution < 1.29 is 4.39 Å². The number of halogens is 1. The van der Waals surface area contributed by atoms with E-state index in [9.17, 15) is 4.39 Å². The van der Waals surface area contributed by atoms with Crippen LogP contribution in [0.2, 0.25) is 0 Å². The maximum Gasteiger partial charge on any atom is 0.127 e. The Morgan fingerprint density at radius 3 is 2.50 bits per heavy atom. The van der Waals surface area contributed by atoms with Crippen molar-refractivity contribution in [1.29, 1.82) is 0 Å². The van der Waals surface area contributed by atoms with Gasteiger partial charge in [-0.2, -0.15) is 0 Å². The van der Waals surface area contributed by atoms with Crippen molar-refractivity contribution in [2.24, 2.45) is 5.73 Å². The van der Waals surface area contributed by atoms with Gasteiger partial charge in [-0.15, -0.1) is 0 Å². The maximum absolute atomic E-state index is 14.0. The van der Waals surface area contributed by atoms with Crippen LogP contribution in [0.5, 0.6) is 0 Å². The van der Waals surface area contributed by atoms with Gasteiger partial charge in [0.15, 0.2) is 0 Å². The van der Waals surface area contributed by atoms with Crippen molar-refractivity contribution in [1.82, 2.24) is 9.80 Å². The van der Waals surface area contributed by atoms with Gasteiger partial charge >= 0.3 is 0 Å². The molecule has 1 aromatic carbocycles. The van der Waals surface area contributed by atoms with Crippen molar-refractivity contribution in [3.63, 3.8) is 0 Å². The third-order valence-electron chi connectivity index (χ3n) is 4.98. The molecule has 1 heterocycles. The molecule has 0 saturated carbocycles. The minimum absolute atomic E-state index is 0.0196. The molecule has 112 valence electrons. The molecule has 0 spiro atoms. The lowest BCUT2D eigenvalue weighted by Crippen LogP contribution is -2.58. The zero-order chi connectivity index (χ0) is 14.8. The largest absolute Gasteiger partial charge is 0.329 e. The lowest BCUT2D eigenvalue weighted by Gasteiger charge is -2.48. The standard InChI is InChI=1S/C16H26FN3/c1-13(14-6-4-5-7-15(14)17)20(3)16(12-18)8-10-19(2)11-9-16/h4-7,13H,8-12,18H2,1-3H3. The second kappa shape index (κ2) is 6.20. The highest BCUT2D eigenvalue weighted by molar-refractivity contribution is 5.21. The summed E-state index contributed by atoms with van der Waals surface area (Å²) in [7, 11) is 4.22. The Kier molecular flexibility index (Phi) is 4.78. The van der Waals surface area contributed by atoms with E-state index in [4.69, 9.17) is 5.73 Å². The zero-order valence-corrected chi connectivity index (χ0v) is 12.8. The number of nitrogens with zero attached hydrogens (tertiary/aromatic N) is 2. The van der Waals surface area contributed by atoms with E-state index in [1.807, 2.05) is 12.1 Å². The van der Waals surface area contributed by atoms with Gasteiger partial charge in [0.2, 0.25) is 0 Å². The minimum atomic E-state index is -0.132. The lowest BCUT2D eigenvalue weighted by atomic mass is 9.84. The number of piperidine rings is 1. The number of benzene rings is 1. The SMILES string of the molecule is CC(c1ccccc1F)N(C)C1(CN)CCN(C)CC1.